The van der Waals surface area contributed by atoms with Crippen LogP contribution < -0.4 is 15.5 Å². The Kier molecular flexibility index (Phi) is 8.53. The van der Waals surface area contributed by atoms with Gasteiger partial charge in [-0.2, -0.15) is 0 Å². The van der Waals surface area contributed by atoms with E-state index in [1.165, 1.54) is 5.00 Å². The summed E-state index contributed by atoms with van der Waals surface area (Å²) in [6, 6.07) is 4.83. The van der Waals surface area contributed by atoms with Crippen molar-refractivity contribution < 1.29 is 0 Å². The minimum atomic E-state index is 0. The van der Waals surface area contributed by atoms with Crippen LogP contribution in [0.5, 0.6) is 0 Å². The highest BCUT2D eigenvalue weighted by Gasteiger charge is 2.20. The van der Waals surface area contributed by atoms with Crippen LogP contribution in [0.2, 0.25) is 0 Å². The van der Waals surface area contributed by atoms with Gasteiger partial charge >= 0.3 is 0 Å². The van der Waals surface area contributed by atoms with Crippen molar-refractivity contribution in [2.75, 3.05) is 31.6 Å². The number of halogens is 1. The van der Waals surface area contributed by atoms with Gasteiger partial charge in [0.2, 0.25) is 0 Å². The van der Waals surface area contributed by atoms with E-state index in [-0.39, 0.29) is 24.0 Å². The summed E-state index contributed by atoms with van der Waals surface area (Å²) < 4.78 is 2.10. The van der Waals surface area contributed by atoms with Gasteiger partial charge in [-0.05, 0) is 36.8 Å². The number of nitrogens with one attached hydrogen (secondary N) is 2. The van der Waals surface area contributed by atoms with E-state index in [0.717, 1.165) is 51.4 Å². The maximum atomic E-state index is 4.35. The lowest BCUT2D eigenvalue weighted by atomic mass is 10.1. The van der Waals surface area contributed by atoms with Crippen LogP contribution in [0.1, 0.15) is 19.3 Å². The third kappa shape index (κ3) is 6.18. The van der Waals surface area contributed by atoms with E-state index in [2.05, 4.69) is 47.6 Å². The molecule has 0 bridgehead atoms. The summed E-state index contributed by atoms with van der Waals surface area (Å²) >= 11 is 1.82. The van der Waals surface area contributed by atoms with Gasteiger partial charge in [-0.25, -0.2) is 4.98 Å². The molecule has 1 fully saturated rings. The quantitative estimate of drug-likeness (QED) is 0.293. The first kappa shape index (κ1) is 20.0. The van der Waals surface area contributed by atoms with Crippen LogP contribution in [0.4, 0.5) is 5.00 Å². The van der Waals surface area contributed by atoms with Crippen molar-refractivity contribution in [2.45, 2.75) is 31.8 Å². The average molecular weight is 474 g/mol. The van der Waals surface area contributed by atoms with Gasteiger partial charge in [-0.3, -0.25) is 4.99 Å². The first-order valence-electron chi connectivity index (χ1n) is 8.56. The lowest BCUT2D eigenvalue weighted by molar-refractivity contribution is 0.462. The molecule has 2 aromatic heterocycles. The zero-order chi connectivity index (χ0) is 16.6. The van der Waals surface area contributed by atoms with Crippen LogP contribution in [-0.4, -0.2) is 48.2 Å². The van der Waals surface area contributed by atoms with Crippen LogP contribution in [0.25, 0.3) is 0 Å². The highest BCUT2D eigenvalue weighted by Crippen LogP contribution is 2.24. The van der Waals surface area contributed by atoms with Crippen molar-refractivity contribution in [3.63, 3.8) is 0 Å². The van der Waals surface area contributed by atoms with E-state index in [1.807, 2.05) is 37.1 Å². The predicted octanol–water partition coefficient (Wildman–Crippen LogP) is 2.79. The monoisotopic (exact) mass is 474 g/mol. The smallest absolute Gasteiger partial charge is 0.191 e. The molecule has 3 rings (SSSR count). The first-order valence-corrected chi connectivity index (χ1v) is 9.44. The van der Waals surface area contributed by atoms with E-state index in [1.54, 1.807) is 0 Å². The third-order valence-electron chi connectivity index (χ3n) is 4.32. The fourth-order valence-corrected chi connectivity index (χ4v) is 3.75. The Morgan fingerprint density at radius 3 is 2.88 bits per heavy atom. The van der Waals surface area contributed by atoms with Gasteiger partial charge < -0.3 is 20.1 Å². The molecule has 2 N–H and O–H groups in total. The molecule has 1 saturated heterocycles. The van der Waals surface area contributed by atoms with Crippen LogP contribution in [0.15, 0.2) is 41.2 Å². The Morgan fingerprint density at radius 1 is 1.40 bits per heavy atom. The van der Waals surface area contributed by atoms with Crippen LogP contribution >= 0.6 is 35.3 Å². The van der Waals surface area contributed by atoms with E-state index in [9.17, 15) is 0 Å². The number of nitrogens with zero attached hydrogens (tertiary/aromatic N) is 4. The normalized spacial score (nSPS) is 15.7. The molecule has 25 heavy (non-hydrogen) atoms. The molecular formula is C17H27IN6S. The van der Waals surface area contributed by atoms with E-state index < -0.39 is 0 Å². The van der Waals surface area contributed by atoms with Gasteiger partial charge in [0, 0.05) is 51.7 Å². The van der Waals surface area contributed by atoms with Crippen LogP contribution in [0, 0.1) is 0 Å². The Balaban J connectivity index is 0.00000225. The van der Waals surface area contributed by atoms with Gasteiger partial charge in [0.05, 0.1) is 11.3 Å². The summed E-state index contributed by atoms with van der Waals surface area (Å²) in [6.07, 6.45) is 9.01. The summed E-state index contributed by atoms with van der Waals surface area (Å²) in [7, 11) is 1.84. The number of imidazole rings is 1. The van der Waals surface area contributed by atoms with E-state index in [4.69, 9.17) is 0 Å². The molecule has 2 aromatic rings. The summed E-state index contributed by atoms with van der Waals surface area (Å²) in [4.78, 5) is 10.9. The molecule has 0 spiro atoms. The number of hydrogen-bond acceptors (Lipinski definition) is 4. The Labute approximate surface area is 170 Å². The molecule has 6 nitrogen and oxygen atoms in total. The molecule has 8 heteroatoms. The Hall–Kier alpha value is -1.29. The van der Waals surface area contributed by atoms with Crippen molar-refractivity contribution in [3.05, 3.63) is 36.2 Å². The number of anilines is 1. The highest BCUT2D eigenvalue weighted by atomic mass is 127. The molecule has 0 saturated carbocycles. The molecule has 0 unspecified atom stereocenters. The van der Waals surface area contributed by atoms with Crippen LogP contribution in [-0.2, 0) is 6.54 Å². The number of rotatable bonds is 6. The topological polar surface area (TPSA) is 57.5 Å². The largest absolute Gasteiger partial charge is 0.363 e. The molecule has 1 aliphatic rings. The van der Waals surface area contributed by atoms with E-state index in [0.29, 0.717) is 6.04 Å². The lowest BCUT2D eigenvalue weighted by Crippen LogP contribution is -2.48. The number of hydrogen-bond donors (Lipinski definition) is 2. The summed E-state index contributed by atoms with van der Waals surface area (Å²) in [6.45, 7) is 4.10. The highest BCUT2D eigenvalue weighted by molar-refractivity contribution is 14.0. The maximum absolute atomic E-state index is 4.35. The number of aromatic nitrogens is 2. The molecule has 1 aliphatic heterocycles. The second-order valence-corrected chi connectivity index (χ2v) is 6.94. The molecule has 0 aromatic carbocycles. The standard InChI is InChI=1S/C17H26N6S.HI/c1-18-17(20-7-3-9-22-12-8-19-14-22)21-15-5-10-23(11-6-15)16-4-2-13-24-16;/h2,4,8,12-15H,3,5-7,9-11H2,1H3,(H2,18,20,21);1H. The molecule has 0 radical (unpaired) electrons. The third-order valence-corrected chi connectivity index (χ3v) is 5.25. The summed E-state index contributed by atoms with van der Waals surface area (Å²) in [5.74, 6) is 0.912. The predicted molar refractivity (Wildman–Crippen MR) is 116 cm³/mol. The van der Waals surface area contributed by atoms with Gasteiger partial charge in [0.15, 0.2) is 5.96 Å². The van der Waals surface area contributed by atoms with Gasteiger partial charge in [-0.15, -0.1) is 35.3 Å². The number of aliphatic imine (C=N–C) groups is 1. The Morgan fingerprint density at radius 2 is 2.24 bits per heavy atom. The minimum Gasteiger partial charge on any atom is -0.363 e. The fourth-order valence-electron chi connectivity index (χ4n) is 2.97. The second kappa shape index (κ2) is 10.6. The van der Waals surface area contributed by atoms with Crippen molar-refractivity contribution in [3.8, 4) is 0 Å². The van der Waals surface area contributed by atoms with Crippen LogP contribution in [0.3, 0.4) is 0 Å². The minimum absolute atomic E-state index is 0. The first-order chi connectivity index (χ1) is 11.8. The zero-order valence-electron chi connectivity index (χ0n) is 14.6. The number of aryl methyl sites for hydroxylation is 1. The van der Waals surface area contributed by atoms with Gasteiger partial charge in [-0.1, -0.05) is 0 Å². The van der Waals surface area contributed by atoms with E-state index >= 15 is 0 Å². The van der Waals surface area contributed by atoms with Crippen molar-refractivity contribution in [1.29, 1.82) is 0 Å². The molecule has 3 heterocycles. The molecule has 0 aliphatic carbocycles. The van der Waals surface area contributed by atoms with Gasteiger partial charge in [0.1, 0.15) is 0 Å². The Bertz CT molecular complexity index is 605. The number of thiophene rings is 1. The average Bonchev–Trinajstić information content (AvgIpc) is 3.31. The molecule has 0 amide bonds. The van der Waals surface area contributed by atoms with Crippen molar-refractivity contribution >= 4 is 46.3 Å². The van der Waals surface area contributed by atoms with Crippen molar-refractivity contribution in [2.24, 2.45) is 4.99 Å². The molecule has 0 atom stereocenters. The van der Waals surface area contributed by atoms with Crippen molar-refractivity contribution in [1.82, 2.24) is 20.2 Å². The molecular weight excluding hydrogens is 447 g/mol. The molecule has 138 valence electrons. The summed E-state index contributed by atoms with van der Waals surface area (Å²) in [5, 5.41) is 10.5. The number of guanidine groups is 1. The SMILES string of the molecule is CN=C(NCCCn1ccnc1)NC1CCN(c2cccs2)CC1.I. The van der Waals surface area contributed by atoms with Gasteiger partial charge in [0.25, 0.3) is 0 Å². The number of piperidine rings is 1. The lowest BCUT2D eigenvalue weighted by Gasteiger charge is -2.33. The summed E-state index contributed by atoms with van der Waals surface area (Å²) in [5.41, 5.74) is 0. The maximum Gasteiger partial charge on any atom is 0.191 e. The zero-order valence-corrected chi connectivity index (χ0v) is 17.7. The second-order valence-electron chi connectivity index (χ2n) is 6.01. The fraction of sp³-hybridized carbons (Fsp3) is 0.529.